The Balaban J connectivity index is 0.00000127. The Bertz CT molecular complexity index is 572. The smallest absolute Gasteiger partial charge is 0.255 e. The van der Waals surface area contributed by atoms with Crippen molar-refractivity contribution in [1.29, 1.82) is 0 Å². The molecule has 0 saturated carbocycles. The standard InChI is InChI=1S/C15H19N3O3.C2H6/c1-16-12-6-3-5-10-11(12)9-18(15(10)21)13(7-4-8-19)14(20)17-2;1-2/h3,5-6,8,13,16H,4,7,9H2,1-2H3,(H,17,20);1-2H3. The summed E-state index contributed by atoms with van der Waals surface area (Å²) in [5, 5.41) is 5.62. The Morgan fingerprint density at radius 1 is 1.35 bits per heavy atom. The second kappa shape index (κ2) is 8.92. The van der Waals surface area contributed by atoms with Gasteiger partial charge in [-0.2, -0.15) is 0 Å². The van der Waals surface area contributed by atoms with E-state index in [4.69, 9.17) is 0 Å². The van der Waals surface area contributed by atoms with Gasteiger partial charge in [-0.25, -0.2) is 0 Å². The van der Waals surface area contributed by atoms with Gasteiger partial charge in [0.15, 0.2) is 0 Å². The lowest BCUT2D eigenvalue weighted by molar-refractivity contribution is -0.125. The van der Waals surface area contributed by atoms with Gasteiger partial charge in [0.2, 0.25) is 5.91 Å². The van der Waals surface area contributed by atoms with Crippen LogP contribution in [0.5, 0.6) is 0 Å². The van der Waals surface area contributed by atoms with Crippen LogP contribution in [0.15, 0.2) is 18.2 Å². The van der Waals surface area contributed by atoms with E-state index in [0.29, 0.717) is 18.5 Å². The molecule has 0 bridgehead atoms. The van der Waals surface area contributed by atoms with Gasteiger partial charge in [0.1, 0.15) is 12.3 Å². The molecular weight excluding hydrogens is 294 g/mol. The molecule has 1 aromatic rings. The average molecular weight is 319 g/mol. The van der Waals surface area contributed by atoms with Crippen LogP contribution in [0.4, 0.5) is 5.69 Å². The number of carbonyl (C=O) groups is 3. The zero-order valence-corrected chi connectivity index (χ0v) is 14.2. The zero-order chi connectivity index (χ0) is 17.4. The van der Waals surface area contributed by atoms with Crippen LogP contribution in [-0.4, -0.2) is 43.1 Å². The summed E-state index contributed by atoms with van der Waals surface area (Å²) in [5.74, 6) is -0.411. The van der Waals surface area contributed by atoms with Crippen LogP contribution in [0.1, 0.15) is 42.6 Å². The van der Waals surface area contributed by atoms with Gasteiger partial charge < -0.3 is 20.3 Å². The predicted molar refractivity (Wildman–Crippen MR) is 90.4 cm³/mol. The molecule has 0 aliphatic carbocycles. The number of benzene rings is 1. The molecule has 1 unspecified atom stereocenters. The third-order valence-corrected chi connectivity index (χ3v) is 3.75. The molecule has 2 N–H and O–H groups in total. The van der Waals surface area contributed by atoms with Crippen molar-refractivity contribution in [2.45, 2.75) is 39.3 Å². The van der Waals surface area contributed by atoms with Gasteiger partial charge in [-0.05, 0) is 18.6 Å². The number of nitrogens with one attached hydrogen (secondary N) is 2. The Morgan fingerprint density at radius 3 is 2.61 bits per heavy atom. The van der Waals surface area contributed by atoms with Gasteiger partial charge in [-0.15, -0.1) is 0 Å². The Morgan fingerprint density at radius 2 is 2.04 bits per heavy atom. The van der Waals surface area contributed by atoms with Gasteiger partial charge in [0.05, 0.1) is 0 Å². The summed E-state index contributed by atoms with van der Waals surface area (Å²) >= 11 is 0. The molecular formula is C17H25N3O3. The minimum absolute atomic E-state index is 0.165. The van der Waals surface area contributed by atoms with Crippen LogP contribution >= 0.6 is 0 Å². The summed E-state index contributed by atoms with van der Waals surface area (Å²) in [4.78, 5) is 36.7. The maximum Gasteiger partial charge on any atom is 0.255 e. The Kier molecular flexibility index (Phi) is 7.25. The molecule has 1 heterocycles. The van der Waals surface area contributed by atoms with Crippen LogP contribution in [0.25, 0.3) is 0 Å². The molecule has 6 nitrogen and oxygen atoms in total. The number of anilines is 1. The van der Waals surface area contributed by atoms with Gasteiger partial charge in [-0.3, -0.25) is 9.59 Å². The molecule has 1 aliphatic rings. The van der Waals surface area contributed by atoms with E-state index in [0.717, 1.165) is 17.5 Å². The highest BCUT2D eigenvalue weighted by atomic mass is 16.2. The number of fused-ring (bicyclic) bond motifs is 1. The number of carbonyl (C=O) groups excluding carboxylic acids is 3. The average Bonchev–Trinajstić information content (AvgIpc) is 2.93. The maximum absolute atomic E-state index is 12.5. The van der Waals surface area contributed by atoms with Crippen LogP contribution in [0.3, 0.4) is 0 Å². The quantitative estimate of drug-likeness (QED) is 0.784. The number of aldehydes is 1. The summed E-state index contributed by atoms with van der Waals surface area (Å²) < 4.78 is 0. The molecule has 1 aliphatic heterocycles. The lowest BCUT2D eigenvalue weighted by Gasteiger charge is -2.25. The Labute approximate surface area is 137 Å². The minimum atomic E-state index is -0.621. The molecule has 0 spiro atoms. The van der Waals surface area contributed by atoms with E-state index in [1.807, 2.05) is 26.0 Å². The summed E-state index contributed by atoms with van der Waals surface area (Å²) in [6.45, 7) is 4.38. The van der Waals surface area contributed by atoms with Crippen LogP contribution < -0.4 is 10.6 Å². The topological polar surface area (TPSA) is 78.5 Å². The normalized spacial score (nSPS) is 13.6. The predicted octanol–water partition coefficient (Wildman–Crippen LogP) is 1.80. The SMILES string of the molecule is CC.CNC(=O)C(CCC=O)N1Cc2c(NC)cccc2C1=O. The van der Waals surface area contributed by atoms with Crippen molar-refractivity contribution in [3.63, 3.8) is 0 Å². The molecule has 6 heteroatoms. The van der Waals surface area contributed by atoms with E-state index in [1.54, 1.807) is 13.1 Å². The fourth-order valence-corrected chi connectivity index (χ4v) is 2.66. The van der Waals surface area contributed by atoms with Crippen molar-refractivity contribution in [3.05, 3.63) is 29.3 Å². The van der Waals surface area contributed by atoms with Crippen molar-refractivity contribution >= 4 is 23.8 Å². The van der Waals surface area contributed by atoms with E-state index in [1.165, 1.54) is 11.9 Å². The first-order valence-corrected chi connectivity index (χ1v) is 7.89. The first kappa shape index (κ1) is 18.7. The molecule has 126 valence electrons. The second-order valence-electron chi connectivity index (χ2n) is 4.89. The molecule has 0 aromatic heterocycles. The fraction of sp³-hybridized carbons (Fsp3) is 0.471. The first-order chi connectivity index (χ1) is 11.1. The minimum Gasteiger partial charge on any atom is -0.388 e. The third kappa shape index (κ3) is 3.88. The molecule has 2 amide bonds. The summed E-state index contributed by atoms with van der Waals surface area (Å²) in [7, 11) is 3.33. The van der Waals surface area contributed by atoms with Crippen LogP contribution in [-0.2, 0) is 16.1 Å². The summed E-state index contributed by atoms with van der Waals surface area (Å²) in [5.41, 5.74) is 2.39. The fourth-order valence-electron chi connectivity index (χ4n) is 2.66. The molecule has 0 fully saturated rings. The van der Waals surface area contributed by atoms with E-state index in [9.17, 15) is 14.4 Å². The monoisotopic (exact) mass is 319 g/mol. The van der Waals surface area contributed by atoms with Crippen molar-refractivity contribution in [3.8, 4) is 0 Å². The first-order valence-electron chi connectivity index (χ1n) is 7.89. The zero-order valence-electron chi connectivity index (χ0n) is 14.2. The number of amides is 2. The highest BCUT2D eigenvalue weighted by Gasteiger charge is 2.36. The molecule has 23 heavy (non-hydrogen) atoms. The number of likely N-dealkylation sites (N-methyl/N-ethyl adjacent to an activating group) is 1. The Hall–Kier alpha value is -2.37. The van der Waals surface area contributed by atoms with E-state index in [2.05, 4.69) is 10.6 Å². The maximum atomic E-state index is 12.5. The molecule has 1 aromatic carbocycles. The molecule has 0 saturated heterocycles. The highest BCUT2D eigenvalue weighted by Crippen LogP contribution is 2.31. The summed E-state index contributed by atoms with van der Waals surface area (Å²) in [6.07, 6.45) is 1.34. The van der Waals surface area contributed by atoms with E-state index in [-0.39, 0.29) is 18.2 Å². The van der Waals surface area contributed by atoms with Gasteiger partial charge in [0, 0.05) is 43.9 Å². The van der Waals surface area contributed by atoms with Crippen LogP contribution in [0.2, 0.25) is 0 Å². The second-order valence-corrected chi connectivity index (χ2v) is 4.89. The van der Waals surface area contributed by atoms with Crippen molar-refractivity contribution in [1.82, 2.24) is 10.2 Å². The number of hydrogen-bond donors (Lipinski definition) is 2. The highest BCUT2D eigenvalue weighted by molar-refractivity contribution is 6.02. The van der Waals surface area contributed by atoms with Crippen molar-refractivity contribution < 1.29 is 14.4 Å². The van der Waals surface area contributed by atoms with Gasteiger partial charge in [0.25, 0.3) is 5.91 Å². The van der Waals surface area contributed by atoms with E-state index >= 15 is 0 Å². The van der Waals surface area contributed by atoms with Gasteiger partial charge >= 0.3 is 0 Å². The molecule has 2 rings (SSSR count). The van der Waals surface area contributed by atoms with Crippen LogP contribution in [0, 0.1) is 0 Å². The molecule has 1 atom stereocenters. The van der Waals surface area contributed by atoms with Gasteiger partial charge in [-0.1, -0.05) is 19.9 Å². The lowest BCUT2D eigenvalue weighted by atomic mass is 10.1. The number of nitrogens with zero attached hydrogens (tertiary/aromatic N) is 1. The third-order valence-electron chi connectivity index (χ3n) is 3.75. The van der Waals surface area contributed by atoms with E-state index < -0.39 is 6.04 Å². The summed E-state index contributed by atoms with van der Waals surface area (Å²) in [6, 6.07) is 4.85. The van der Waals surface area contributed by atoms with Crippen molar-refractivity contribution in [2.24, 2.45) is 0 Å². The van der Waals surface area contributed by atoms with Crippen molar-refractivity contribution in [2.75, 3.05) is 19.4 Å². The molecule has 0 radical (unpaired) electrons. The lowest BCUT2D eigenvalue weighted by Crippen LogP contribution is -2.46. The largest absolute Gasteiger partial charge is 0.388 e. The number of rotatable bonds is 6. The number of hydrogen-bond acceptors (Lipinski definition) is 4.